The fraction of sp³-hybridized carbons (Fsp3) is 0.526. The number of carbonyl (C=O) groups is 1. The highest BCUT2D eigenvalue weighted by Gasteiger charge is 2.38. The highest BCUT2D eigenvalue weighted by Crippen LogP contribution is 2.33. The number of carboxylic acids is 1. The fourth-order valence-electron chi connectivity index (χ4n) is 3.85. The van der Waals surface area contributed by atoms with E-state index in [-0.39, 0.29) is 36.0 Å². The number of nitrogens with two attached hydrogens (primary N) is 1. The van der Waals surface area contributed by atoms with Crippen LogP contribution in [-0.2, 0) is 4.79 Å². The molecular formula is C19H22F4N4O5. The summed E-state index contributed by atoms with van der Waals surface area (Å²) in [5.41, 5.74) is 6.50. The van der Waals surface area contributed by atoms with E-state index in [4.69, 9.17) is 20.4 Å². The molecule has 0 spiro atoms. The number of ether oxygens (including phenoxy) is 1. The number of aliphatic carboxylic acids is 1. The van der Waals surface area contributed by atoms with Gasteiger partial charge in [0.2, 0.25) is 0 Å². The fourth-order valence-corrected chi connectivity index (χ4v) is 3.85. The first kappa shape index (κ1) is 23.9. The molecular weight excluding hydrogens is 440 g/mol. The van der Waals surface area contributed by atoms with E-state index in [9.17, 15) is 27.5 Å². The molecule has 3 atom stereocenters. The molecule has 2 aromatic rings. The van der Waals surface area contributed by atoms with Gasteiger partial charge in [0, 0.05) is 31.6 Å². The Labute approximate surface area is 179 Å². The Morgan fingerprint density at radius 3 is 2.66 bits per heavy atom. The van der Waals surface area contributed by atoms with Crippen LogP contribution in [-0.4, -0.2) is 75.7 Å². The van der Waals surface area contributed by atoms with Crippen LogP contribution in [0.15, 0.2) is 23.1 Å². The third-order valence-corrected chi connectivity index (χ3v) is 5.43. The topological polar surface area (TPSA) is 131 Å². The quantitative estimate of drug-likeness (QED) is 0.570. The molecule has 0 amide bonds. The maximum atomic E-state index is 14.0. The third kappa shape index (κ3) is 5.00. The minimum Gasteiger partial charge on any atom is -0.486 e. The largest absolute Gasteiger partial charge is 0.490 e. The van der Waals surface area contributed by atoms with Gasteiger partial charge in [-0.2, -0.15) is 13.2 Å². The first-order valence-corrected chi connectivity index (χ1v) is 9.76. The predicted molar refractivity (Wildman–Crippen MR) is 104 cm³/mol. The number of nitrogens with zero attached hydrogens (tertiary/aromatic N) is 3. The maximum Gasteiger partial charge on any atom is 0.490 e. The SMILES string of the molecule is NCC1CN(C[C@@H]2COc3c(F)cnc4ccc(=O)n2c34)CCC1O.O=C(O)C(F)(F)F. The molecule has 2 unspecified atom stereocenters. The molecule has 0 aliphatic carbocycles. The maximum absolute atomic E-state index is 14.0. The molecule has 1 fully saturated rings. The lowest BCUT2D eigenvalue weighted by atomic mass is 9.94. The van der Waals surface area contributed by atoms with Crippen molar-refractivity contribution in [3.05, 3.63) is 34.5 Å². The van der Waals surface area contributed by atoms with E-state index in [2.05, 4.69) is 9.88 Å². The van der Waals surface area contributed by atoms with Crippen molar-refractivity contribution < 1.29 is 37.3 Å². The van der Waals surface area contributed by atoms with Gasteiger partial charge in [-0.15, -0.1) is 0 Å². The third-order valence-electron chi connectivity index (χ3n) is 5.43. The van der Waals surface area contributed by atoms with E-state index >= 15 is 0 Å². The van der Waals surface area contributed by atoms with Gasteiger partial charge in [-0.05, 0) is 19.0 Å². The van der Waals surface area contributed by atoms with Gasteiger partial charge in [0.1, 0.15) is 12.1 Å². The summed E-state index contributed by atoms with van der Waals surface area (Å²) < 4.78 is 53.0. The van der Waals surface area contributed by atoms with Gasteiger partial charge in [-0.25, -0.2) is 9.18 Å². The number of pyridine rings is 2. The standard InChI is InChI=1S/C17H21FN4O3.C2HF3O2/c18-12-6-20-13-1-2-15(24)22-11(9-25-17(12)16(13)22)8-21-4-3-14(23)10(5-19)7-21;3-2(4,5)1(6)7/h1-2,6,10-11,14,23H,3-5,7-9,19H2;(H,6,7)/t10?,11-,14?;/m1./s1. The van der Waals surface area contributed by atoms with Gasteiger partial charge in [0.05, 0.1) is 23.9 Å². The van der Waals surface area contributed by atoms with Crippen LogP contribution in [0.5, 0.6) is 5.75 Å². The van der Waals surface area contributed by atoms with Gasteiger partial charge in [-0.1, -0.05) is 0 Å². The zero-order valence-corrected chi connectivity index (χ0v) is 16.8. The Hall–Kier alpha value is -2.77. The minimum atomic E-state index is -5.08. The average molecular weight is 462 g/mol. The number of likely N-dealkylation sites (tertiary alicyclic amines) is 1. The highest BCUT2D eigenvalue weighted by molar-refractivity contribution is 5.82. The Bertz CT molecular complexity index is 1040. The average Bonchev–Trinajstić information content (AvgIpc) is 2.74. The van der Waals surface area contributed by atoms with E-state index < -0.39 is 18.0 Å². The molecule has 2 aromatic heterocycles. The van der Waals surface area contributed by atoms with Crippen LogP contribution < -0.4 is 16.0 Å². The van der Waals surface area contributed by atoms with Gasteiger partial charge in [0.25, 0.3) is 5.56 Å². The molecule has 0 radical (unpaired) electrons. The van der Waals surface area contributed by atoms with Gasteiger partial charge >= 0.3 is 12.1 Å². The number of aliphatic hydroxyl groups excluding tert-OH is 1. The zero-order chi connectivity index (χ0) is 23.6. The Kier molecular flexibility index (Phi) is 7.00. The van der Waals surface area contributed by atoms with E-state index in [1.165, 1.54) is 6.07 Å². The Morgan fingerprint density at radius 1 is 1.34 bits per heavy atom. The summed E-state index contributed by atoms with van der Waals surface area (Å²) in [7, 11) is 0. The summed E-state index contributed by atoms with van der Waals surface area (Å²) in [4.78, 5) is 27.6. The molecule has 13 heteroatoms. The normalized spacial score (nSPS) is 23.2. The van der Waals surface area contributed by atoms with Crippen molar-refractivity contribution in [1.82, 2.24) is 14.5 Å². The van der Waals surface area contributed by atoms with Crippen molar-refractivity contribution in [3.63, 3.8) is 0 Å². The van der Waals surface area contributed by atoms with Gasteiger partial charge < -0.3 is 25.6 Å². The van der Waals surface area contributed by atoms with E-state index in [0.29, 0.717) is 37.1 Å². The Morgan fingerprint density at radius 2 is 2.03 bits per heavy atom. The van der Waals surface area contributed by atoms with Crippen molar-refractivity contribution in [2.75, 3.05) is 32.8 Å². The lowest BCUT2D eigenvalue weighted by molar-refractivity contribution is -0.192. The number of alkyl halides is 3. The van der Waals surface area contributed by atoms with Crippen LogP contribution >= 0.6 is 0 Å². The summed E-state index contributed by atoms with van der Waals surface area (Å²) in [5.74, 6) is -3.20. The number of halogens is 4. The number of piperidine rings is 1. The number of hydrogen-bond acceptors (Lipinski definition) is 7. The lowest BCUT2D eigenvalue weighted by Gasteiger charge is -2.38. The molecule has 1 saturated heterocycles. The second-order valence-electron chi connectivity index (χ2n) is 7.59. The van der Waals surface area contributed by atoms with Crippen molar-refractivity contribution >= 4 is 17.0 Å². The van der Waals surface area contributed by atoms with Crippen LogP contribution in [0.4, 0.5) is 17.6 Å². The van der Waals surface area contributed by atoms with E-state index in [0.717, 1.165) is 12.7 Å². The van der Waals surface area contributed by atoms with Crippen LogP contribution in [0.3, 0.4) is 0 Å². The number of carboxylic acid groups (broad SMARTS) is 1. The number of aromatic nitrogens is 2. The smallest absolute Gasteiger partial charge is 0.486 e. The summed E-state index contributed by atoms with van der Waals surface area (Å²) in [6.07, 6.45) is -3.69. The molecule has 0 bridgehead atoms. The molecule has 2 aliphatic heterocycles. The lowest BCUT2D eigenvalue weighted by Crippen LogP contribution is -2.49. The van der Waals surface area contributed by atoms with Gasteiger partial charge in [-0.3, -0.25) is 14.3 Å². The monoisotopic (exact) mass is 462 g/mol. The first-order chi connectivity index (χ1) is 15.0. The number of rotatable bonds is 3. The molecule has 176 valence electrons. The molecule has 32 heavy (non-hydrogen) atoms. The van der Waals surface area contributed by atoms with Crippen LogP contribution in [0.25, 0.3) is 11.0 Å². The summed E-state index contributed by atoms with van der Waals surface area (Å²) in [5, 5.41) is 17.1. The summed E-state index contributed by atoms with van der Waals surface area (Å²) in [6, 6.07) is 2.81. The van der Waals surface area contributed by atoms with Crippen molar-refractivity contribution in [1.29, 1.82) is 0 Å². The van der Waals surface area contributed by atoms with Crippen molar-refractivity contribution in [2.24, 2.45) is 11.7 Å². The molecule has 4 heterocycles. The van der Waals surface area contributed by atoms with Crippen LogP contribution in [0.2, 0.25) is 0 Å². The molecule has 4 N–H and O–H groups in total. The minimum absolute atomic E-state index is 0.0252. The van der Waals surface area contributed by atoms with Gasteiger partial charge in [0.15, 0.2) is 11.6 Å². The number of hydrogen-bond donors (Lipinski definition) is 3. The predicted octanol–water partition coefficient (Wildman–Crippen LogP) is 0.744. The van der Waals surface area contributed by atoms with Crippen LogP contribution in [0, 0.1) is 11.7 Å². The number of aliphatic hydroxyl groups is 1. The zero-order valence-electron chi connectivity index (χ0n) is 16.8. The summed E-state index contributed by atoms with van der Waals surface area (Å²) in [6.45, 7) is 2.63. The first-order valence-electron chi connectivity index (χ1n) is 9.76. The molecule has 0 aromatic carbocycles. The molecule has 9 nitrogen and oxygen atoms in total. The second kappa shape index (κ2) is 9.38. The Balaban J connectivity index is 0.000000360. The summed E-state index contributed by atoms with van der Waals surface area (Å²) >= 11 is 0. The van der Waals surface area contributed by atoms with E-state index in [1.807, 2.05) is 0 Å². The van der Waals surface area contributed by atoms with Crippen LogP contribution in [0.1, 0.15) is 12.5 Å². The van der Waals surface area contributed by atoms with Crippen molar-refractivity contribution in [2.45, 2.75) is 24.7 Å². The highest BCUT2D eigenvalue weighted by atomic mass is 19.4. The van der Waals surface area contributed by atoms with E-state index in [1.54, 1.807) is 10.6 Å². The molecule has 2 aliphatic rings. The second-order valence-corrected chi connectivity index (χ2v) is 7.59. The van der Waals surface area contributed by atoms with Crippen molar-refractivity contribution in [3.8, 4) is 5.75 Å². The molecule has 0 saturated carbocycles. The molecule has 4 rings (SSSR count).